The topological polar surface area (TPSA) is 44.2 Å². The second-order valence-electron chi connectivity index (χ2n) is 8.65. The maximum Gasteiger partial charge on any atom is 0.422 e. The molecule has 0 N–H and O–H groups in total. The minimum atomic E-state index is -4.55. The van der Waals surface area contributed by atoms with Crippen LogP contribution in [-0.2, 0) is 24.0 Å². The fourth-order valence-electron chi connectivity index (χ4n) is 3.98. The Balaban J connectivity index is 1.44. The molecule has 0 spiro atoms. The van der Waals surface area contributed by atoms with E-state index in [0.717, 1.165) is 36.1 Å². The Kier molecular flexibility index (Phi) is 8.33. The standard InChI is InChI=1S/C28H25F5N2O2/c1-36-12-2-3-19-15-34-27(35-16-19)22-9-10-23-21(14-22)8-7-20(26(23)30)6-4-18-5-11-25(24(29)13-18)37-17-28(31,32)33/h5,7-11,13-16H,2-4,6,12,17H2,1H3. The molecule has 4 rings (SSSR count). The fraction of sp³-hybridized carbons (Fsp3) is 0.286. The molecular weight excluding hydrogens is 491 g/mol. The third-order valence-electron chi connectivity index (χ3n) is 5.88. The molecule has 0 atom stereocenters. The molecule has 9 heteroatoms. The summed E-state index contributed by atoms with van der Waals surface area (Å²) in [6.07, 6.45) is 1.31. The van der Waals surface area contributed by atoms with Crippen molar-refractivity contribution in [3.8, 4) is 17.1 Å². The number of ether oxygens (including phenoxy) is 2. The van der Waals surface area contributed by atoms with Crippen molar-refractivity contribution >= 4 is 10.8 Å². The lowest BCUT2D eigenvalue weighted by atomic mass is 9.99. The van der Waals surface area contributed by atoms with Crippen LogP contribution in [0.1, 0.15) is 23.1 Å². The molecule has 0 fully saturated rings. The van der Waals surface area contributed by atoms with Crippen molar-refractivity contribution in [1.29, 1.82) is 0 Å². The molecule has 194 valence electrons. The summed E-state index contributed by atoms with van der Waals surface area (Å²) in [6, 6.07) is 12.5. The Morgan fingerprint density at radius 3 is 2.32 bits per heavy atom. The zero-order chi connectivity index (χ0) is 26.4. The predicted molar refractivity (Wildman–Crippen MR) is 130 cm³/mol. The number of hydrogen-bond donors (Lipinski definition) is 0. The molecular formula is C28H25F5N2O2. The molecule has 0 bridgehead atoms. The molecule has 4 aromatic rings. The van der Waals surface area contributed by atoms with E-state index in [4.69, 9.17) is 4.74 Å². The minimum absolute atomic E-state index is 0.291. The first-order valence-corrected chi connectivity index (χ1v) is 11.7. The van der Waals surface area contributed by atoms with Crippen molar-refractivity contribution in [3.63, 3.8) is 0 Å². The van der Waals surface area contributed by atoms with Crippen LogP contribution in [0.3, 0.4) is 0 Å². The van der Waals surface area contributed by atoms with Crippen LogP contribution in [0.15, 0.2) is 60.9 Å². The zero-order valence-electron chi connectivity index (χ0n) is 20.1. The van der Waals surface area contributed by atoms with Gasteiger partial charge in [-0.15, -0.1) is 0 Å². The van der Waals surface area contributed by atoms with Gasteiger partial charge >= 0.3 is 6.18 Å². The van der Waals surface area contributed by atoms with E-state index in [2.05, 4.69) is 14.7 Å². The molecule has 1 heterocycles. The van der Waals surface area contributed by atoms with E-state index in [-0.39, 0.29) is 5.82 Å². The molecule has 0 radical (unpaired) electrons. The first-order chi connectivity index (χ1) is 17.7. The van der Waals surface area contributed by atoms with Crippen molar-refractivity contribution in [3.05, 3.63) is 89.2 Å². The molecule has 4 nitrogen and oxygen atoms in total. The normalized spacial score (nSPS) is 11.7. The number of halogens is 5. The lowest BCUT2D eigenvalue weighted by Gasteiger charge is -2.11. The summed E-state index contributed by atoms with van der Waals surface area (Å²) in [6.45, 7) is -0.900. The van der Waals surface area contributed by atoms with Crippen LogP contribution in [0.5, 0.6) is 5.75 Å². The van der Waals surface area contributed by atoms with Crippen LogP contribution < -0.4 is 4.74 Å². The van der Waals surface area contributed by atoms with E-state index >= 15 is 4.39 Å². The van der Waals surface area contributed by atoms with Gasteiger partial charge in [0.2, 0.25) is 0 Å². The van der Waals surface area contributed by atoms with Crippen LogP contribution in [0, 0.1) is 11.6 Å². The van der Waals surface area contributed by atoms with Crippen LogP contribution in [-0.4, -0.2) is 36.5 Å². The zero-order valence-corrected chi connectivity index (χ0v) is 20.1. The van der Waals surface area contributed by atoms with E-state index < -0.39 is 24.3 Å². The summed E-state index contributed by atoms with van der Waals surface area (Å²) in [5, 5.41) is 1.14. The van der Waals surface area contributed by atoms with Gasteiger partial charge in [0.25, 0.3) is 0 Å². The van der Waals surface area contributed by atoms with Crippen LogP contribution >= 0.6 is 0 Å². The Labute approximate surface area is 211 Å². The molecule has 0 unspecified atom stereocenters. The van der Waals surface area contributed by atoms with Gasteiger partial charge in [-0.1, -0.05) is 30.3 Å². The van der Waals surface area contributed by atoms with Crippen LogP contribution in [0.4, 0.5) is 22.0 Å². The smallest absolute Gasteiger partial charge is 0.422 e. The molecule has 3 aromatic carbocycles. The summed E-state index contributed by atoms with van der Waals surface area (Å²) >= 11 is 0. The second-order valence-corrected chi connectivity index (χ2v) is 8.65. The fourth-order valence-corrected chi connectivity index (χ4v) is 3.98. The lowest BCUT2D eigenvalue weighted by Crippen LogP contribution is -2.19. The van der Waals surface area contributed by atoms with Gasteiger partial charge in [-0.05, 0) is 66.0 Å². The molecule has 0 saturated carbocycles. The summed E-state index contributed by atoms with van der Waals surface area (Å²) in [4.78, 5) is 8.87. The van der Waals surface area contributed by atoms with Gasteiger partial charge in [-0.25, -0.2) is 18.7 Å². The van der Waals surface area contributed by atoms with Gasteiger partial charge in [-0.3, -0.25) is 0 Å². The highest BCUT2D eigenvalue weighted by Gasteiger charge is 2.29. The Hall–Kier alpha value is -3.59. The lowest BCUT2D eigenvalue weighted by molar-refractivity contribution is -0.153. The minimum Gasteiger partial charge on any atom is -0.481 e. The molecule has 0 saturated heterocycles. The first kappa shape index (κ1) is 26.5. The predicted octanol–water partition coefficient (Wildman–Crippen LogP) is 6.88. The number of hydrogen-bond acceptors (Lipinski definition) is 4. The average Bonchev–Trinajstić information content (AvgIpc) is 2.87. The van der Waals surface area contributed by atoms with Gasteiger partial charge in [0.15, 0.2) is 24.0 Å². The van der Waals surface area contributed by atoms with E-state index in [1.165, 1.54) is 6.07 Å². The Morgan fingerprint density at radius 1 is 0.838 bits per heavy atom. The van der Waals surface area contributed by atoms with Crippen molar-refractivity contribution < 1.29 is 31.4 Å². The summed E-state index contributed by atoms with van der Waals surface area (Å²) in [7, 11) is 1.66. The van der Waals surface area contributed by atoms with E-state index in [1.807, 2.05) is 12.1 Å². The molecule has 0 aliphatic carbocycles. The maximum absolute atomic E-state index is 15.2. The highest BCUT2D eigenvalue weighted by Crippen LogP contribution is 2.28. The van der Waals surface area contributed by atoms with Crippen molar-refractivity contribution in [2.75, 3.05) is 20.3 Å². The van der Waals surface area contributed by atoms with Crippen LogP contribution in [0.2, 0.25) is 0 Å². The van der Waals surface area contributed by atoms with Gasteiger partial charge in [0, 0.05) is 37.1 Å². The van der Waals surface area contributed by atoms with Crippen LogP contribution in [0.25, 0.3) is 22.2 Å². The third kappa shape index (κ3) is 7.01. The molecule has 1 aromatic heterocycles. The van der Waals surface area contributed by atoms with E-state index in [1.54, 1.807) is 37.7 Å². The Morgan fingerprint density at radius 2 is 1.62 bits per heavy atom. The number of aromatic nitrogens is 2. The quantitative estimate of drug-likeness (QED) is 0.170. The molecule has 0 amide bonds. The van der Waals surface area contributed by atoms with Gasteiger partial charge < -0.3 is 9.47 Å². The molecule has 0 aliphatic heterocycles. The van der Waals surface area contributed by atoms with Gasteiger partial charge in [-0.2, -0.15) is 13.2 Å². The van der Waals surface area contributed by atoms with E-state index in [0.29, 0.717) is 47.2 Å². The number of nitrogens with zero attached hydrogens (tertiary/aromatic N) is 2. The Bertz CT molecular complexity index is 1360. The first-order valence-electron chi connectivity index (χ1n) is 11.7. The maximum atomic E-state index is 15.2. The van der Waals surface area contributed by atoms with Crippen molar-refractivity contribution in [2.45, 2.75) is 31.9 Å². The third-order valence-corrected chi connectivity index (χ3v) is 5.88. The van der Waals surface area contributed by atoms with Crippen molar-refractivity contribution in [2.24, 2.45) is 0 Å². The number of methoxy groups -OCH3 is 1. The van der Waals surface area contributed by atoms with E-state index in [9.17, 15) is 17.6 Å². The molecule has 0 aliphatic rings. The van der Waals surface area contributed by atoms with Crippen molar-refractivity contribution in [1.82, 2.24) is 9.97 Å². The largest absolute Gasteiger partial charge is 0.481 e. The number of alkyl halides is 3. The number of fused-ring (bicyclic) bond motifs is 1. The van der Waals surface area contributed by atoms with Gasteiger partial charge in [0.1, 0.15) is 5.82 Å². The monoisotopic (exact) mass is 516 g/mol. The molecule has 37 heavy (non-hydrogen) atoms. The number of benzene rings is 3. The number of aryl methyl sites for hydroxylation is 3. The SMILES string of the molecule is COCCCc1cnc(-c2ccc3c(F)c(CCc4ccc(OCC(F)(F)F)c(F)c4)ccc3c2)nc1. The van der Waals surface area contributed by atoms with Gasteiger partial charge in [0.05, 0.1) is 0 Å². The highest BCUT2D eigenvalue weighted by molar-refractivity contribution is 5.87. The highest BCUT2D eigenvalue weighted by atomic mass is 19.4. The summed E-state index contributed by atoms with van der Waals surface area (Å²) in [5.74, 6) is -1.19. The number of rotatable bonds is 10. The summed E-state index contributed by atoms with van der Waals surface area (Å²) in [5.41, 5.74) is 2.76. The average molecular weight is 517 g/mol. The second kappa shape index (κ2) is 11.6. The summed E-state index contributed by atoms with van der Waals surface area (Å²) < 4.78 is 75.7.